The average molecular weight is 358 g/mol. The van der Waals surface area contributed by atoms with Crippen LogP contribution in [0.15, 0.2) is 18.2 Å². The first-order valence-electron chi connectivity index (χ1n) is 7.58. The van der Waals surface area contributed by atoms with Crippen molar-refractivity contribution in [1.29, 1.82) is 0 Å². The van der Waals surface area contributed by atoms with Crippen molar-refractivity contribution in [2.24, 2.45) is 11.8 Å². The van der Waals surface area contributed by atoms with E-state index in [0.717, 1.165) is 18.9 Å². The fraction of sp³-hybridized carbons (Fsp3) is 0.625. The lowest BCUT2D eigenvalue weighted by Crippen LogP contribution is -2.27. The van der Waals surface area contributed by atoms with Crippen molar-refractivity contribution in [1.82, 2.24) is 0 Å². The highest BCUT2D eigenvalue weighted by Crippen LogP contribution is 2.38. The summed E-state index contributed by atoms with van der Waals surface area (Å²) in [6.07, 6.45) is 6.33. The lowest BCUT2D eigenvalue weighted by atomic mass is 9.77. The van der Waals surface area contributed by atoms with Crippen molar-refractivity contribution in [2.45, 2.75) is 50.3 Å². The van der Waals surface area contributed by atoms with Crippen LogP contribution in [0.1, 0.15) is 44.6 Å². The number of nitro benzene ring substituents is 1. The molecule has 5 heteroatoms. The molecule has 3 unspecified atom stereocenters. The monoisotopic (exact) mass is 357 g/mol. The third kappa shape index (κ3) is 4.25. The molecule has 0 N–H and O–H groups in total. The third-order valence-corrected chi connectivity index (χ3v) is 5.62. The Morgan fingerprint density at radius 3 is 2.86 bits per heavy atom. The molecule has 3 atom stereocenters. The summed E-state index contributed by atoms with van der Waals surface area (Å²) >= 11 is 3.71. The second kappa shape index (κ2) is 7.34. The van der Waals surface area contributed by atoms with Crippen LogP contribution in [0, 0.1) is 27.8 Å². The van der Waals surface area contributed by atoms with Gasteiger partial charge in [-0.05, 0) is 49.7 Å². The van der Waals surface area contributed by atoms with E-state index in [1.165, 1.54) is 31.4 Å². The Labute approximate surface area is 133 Å². The van der Waals surface area contributed by atoms with Gasteiger partial charge < -0.3 is 0 Å². The number of rotatable bonds is 5. The number of hydrogen-bond donors (Lipinski definition) is 0. The van der Waals surface area contributed by atoms with Gasteiger partial charge in [-0.15, -0.1) is 0 Å². The molecule has 0 spiro atoms. The quantitative estimate of drug-likeness (QED) is 0.410. The van der Waals surface area contributed by atoms with E-state index in [4.69, 9.17) is 0 Å². The molecule has 3 nitrogen and oxygen atoms in total. The summed E-state index contributed by atoms with van der Waals surface area (Å²) in [6.45, 7) is 2.19. The Morgan fingerprint density at radius 2 is 2.19 bits per heavy atom. The zero-order chi connectivity index (χ0) is 15.4. The van der Waals surface area contributed by atoms with Crippen LogP contribution in [0.4, 0.5) is 10.1 Å². The Morgan fingerprint density at radius 1 is 1.43 bits per heavy atom. The molecule has 0 heterocycles. The summed E-state index contributed by atoms with van der Waals surface area (Å²) in [4.78, 5) is 11.1. The van der Waals surface area contributed by atoms with Gasteiger partial charge in [0.05, 0.1) is 4.92 Å². The van der Waals surface area contributed by atoms with Crippen molar-refractivity contribution in [2.75, 3.05) is 0 Å². The van der Waals surface area contributed by atoms with E-state index in [-0.39, 0.29) is 5.69 Å². The largest absolute Gasteiger partial charge is 0.272 e. The number of nitrogens with zero attached hydrogens (tertiary/aromatic N) is 1. The Hall–Kier alpha value is -0.970. The van der Waals surface area contributed by atoms with Crippen LogP contribution in [0.25, 0.3) is 0 Å². The summed E-state index contributed by atoms with van der Waals surface area (Å²) < 4.78 is 13.4. The molecule has 2 rings (SSSR count). The maximum atomic E-state index is 13.4. The van der Waals surface area contributed by atoms with Crippen LogP contribution in [0.3, 0.4) is 0 Å². The molecule has 1 aromatic carbocycles. The molecule has 21 heavy (non-hydrogen) atoms. The number of nitro groups is 1. The van der Waals surface area contributed by atoms with Gasteiger partial charge in [0.15, 0.2) is 0 Å². The molecule has 1 aliphatic carbocycles. The molecule has 1 saturated carbocycles. The van der Waals surface area contributed by atoms with Gasteiger partial charge in [0, 0.05) is 16.5 Å². The van der Waals surface area contributed by atoms with E-state index in [2.05, 4.69) is 22.9 Å². The highest BCUT2D eigenvalue weighted by atomic mass is 79.9. The highest BCUT2D eigenvalue weighted by molar-refractivity contribution is 9.09. The molecule has 0 aromatic heterocycles. The fourth-order valence-corrected chi connectivity index (χ4v) is 4.05. The number of benzene rings is 1. The summed E-state index contributed by atoms with van der Waals surface area (Å²) in [5, 5.41) is 11.1. The lowest BCUT2D eigenvalue weighted by molar-refractivity contribution is -0.385. The molecule has 1 aromatic rings. The summed E-state index contributed by atoms with van der Waals surface area (Å²) in [5.74, 6) is 0.639. The number of alkyl halides is 1. The molecule has 0 bridgehead atoms. The first-order chi connectivity index (χ1) is 10.0. The molecule has 116 valence electrons. The highest BCUT2D eigenvalue weighted by Gasteiger charge is 2.30. The van der Waals surface area contributed by atoms with E-state index in [9.17, 15) is 14.5 Å². The van der Waals surface area contributed by atoms with Crippen molar-refractivity contribution in [3.8, 4) is 0 Å². The maximum absolute atomic E-state index is 13.4. The van der Waals surface area contributed by atoms with Crippen LogP contribution in [-0.4, -0.2) is 9.75 Å². The smallest absolute Gasteiger partial charge is 0.258 e. The molecular weight excluding hydrogens is 337 g/mol. The second-order valence-electron chi connectivity index (χ2n) is 5.98. The minimum atomic E-state index is -0.412. The molecule has 0 amide bonds. The van der Waals surface area contributed by atoms with Crippen LogP contribution < -0.4 is 0 Å². The topological polar surface area (TPSA) is 43.1 Å². The van der Waals surface area contributed by atoms with Crippen LogP contribution in [0.2, 0.25) is 0 Å². The van der Waals surface area contributed by atoms with Gasteiger partial charge in [0.25, 0.3) is 5.69 Å². The molecule has 0 aliphatic heterocycles. The van der Waals surface area contributed by atoms with Crippen molar-refractivity contribution in [3.63, 3.8) is 0 Å². The van der Waals surface area contributed by atoms with Gasteiger partial charge in [-0.1, -0.05) is 35.7 Å². The minimum Gasteiger partial charge on any atom is -0.258 e. The zero-order valence-electron chi connectivity index (χ0n) is 12.2. The van der Waals surface area contributed by atoms with Crippen LogP contribution in [0.5, 0.6) is 0 Å². The Balaban J connectivity index is 2.15. The normalized spacial score (nSPS) is 25.8. The predicted octanol–water partition coefficient (Wildman–Crippen LogP) is 5.26. The van der Waals surface area contributed by atoms with Gasteiger partial charge in [0.2, 0.25) is 0 Å². The molecule has 0 radical (unpaired) electrons. The predicted molar refractivity (Wildman–Crippen MR) is 85.2 cm³/mol. The fourth-order valence-electron chi connectivity index (χ4n) is 3.38. The molecular formula is C16H21BrFNO2. The van der Waals surface area contributed by atoms with Gasteiger partial charge in [0.1, 0.15) is 5.82 Å². The summed E-state index contributed by atoms with van der Waals surface area (Å²) in [5.41, 5.74) is 0.556. The van der Waals surface area contributed by atoms with E-state index >= 15 is 0 Å². The third-order valence-electron chi connectivity index (χ3n) is 4.42. The SMILES string of the molecule is CCCC1CCC(Br)C(Cc2cc(F)ccc2[N+](=O)[O-])C1. The van der Waals surface area contributed by atoms with E-state index in [1.807, 2.05) is 0 Å². The molecule has 0 saturated heterocycles. The van der Waals surface area contributed by atoms with Gasteiger partial charge in [-0.2, -0.15) is 0 Å². The van der Waals surface area contributed by atoms with Gasteiger partial charge >= 0.3 is 0 Å². The minimum absolute atomic E-state index is 0.0358. The second-order valence-corrected chi connectivity index (χ2v) is 7.15. The van der Waals surface area contributed by atoms with Gasteiger partial charge in [-0.25, -0.2) is 4.39 Å². The van der Waals surface area contributed by atoms with E-state index in [1.54, 1.807) is 0 Å². The number of hydrogen-bond acceptors (Lipinski definition) is 2. The Bertz CT molecular complexity index is 509. The van der Waals surface area contributed by atoms with E-state index < -0.39 is 10.7 Å². The lowest BCUT2D eigenvalue weighted by Gasteiger charge is -2.33. The molecule has 1 fully saturated rings. The van der Waals surface area contributed by atoms with Crippen LogP contribution in [-0.2, 0) is 6.42 Å². The average Bonchev–Trinajstić information content (AvgIpc) is 2.42. The van der Waals surface area contributed by atoms with Gasteiger partial charge in [-0.3, -0.25) is 10.1 Å². The summed E-state index contributed by atoms with van der Waals surface area (Å²) in [6, 6.07) is 3.76. The van der Waals surface area contributed by atoms with E-state index in [0.29, 0.717) is 28.6 Å². The maximum Gasteiger partial charge on any atom is 0.272 e. The standard InChI is InChI=1S/C16H21BrFNO2/c1-2-3-11-4-6-15(17)12(8-11)9-13-10-14(18)5-7-16(13)19(20)21/h5,7,10-12,15H,2-4,6,8-9H2,1H3. The Kier molecular flexibility index (Phi) is 5.73. The zero-order valence-corrected chi connectivity index (χ0v) is 13.8. The number of halogens is 2. The summed E-state index contributed by atoms with van der Waals surface area (Å²) in [7, 11) is 0. The first kappa shape index (κ1) is 16.4. The van der Waals surface area contributed by atoms with Crippen molar-refractivity contribution < 1.29 is 9.31 Å². The van der Waals surface area contributed by atoms with Crippen molar-refractivity contribution >= 4 is 21.6 Å². The van der Waals surface area contributed by atoms with Crippen molar-refractivity contribution in [3.05, 3.63) is 39.7 Å². The van der Waals surface area contributed by atoms with Crippen LogP contribution >= 0.6 is 15.9 Å². The molecule has 1 aliphatic rings. The first-order valence-corrected chi connectivity index (χ1v) is 8.49.